The summed E-state index contributed by atoms with van der Waals surface area (Å²) >= 11 is 1.36. The molecular weight excluding hydrogens is 695 g/mol. The number of carbonyl (C=O) groups excluding carboxylic acids is 4. The molecule has 0 fully saturated rings. The van der Waals surface area contributed by atoms with Gasteiger partial charge in [-0.25, -0.2) is 4.79 Å². The SMILES string of the molecule is CCOC(=O)c1ccc(NC(=O)C(Sc2ccc(NC(=O)/C(=C/c3ccc(-c4ccccc4)cc3)NC(=O)c3ccccc3)cc2)c2ccccc2)cc1. The molecule has 0 heterocycles. The van der Waals surface area contributed by atoms with E-state index in [-0.39, 0.29) is 18.2 Å². The zero-order chi connectivity index (χ0) is 37.7. The third-order valence-electron chi connectivity index (χ3n) is 8.23. The molecule has 6 aromatic rings. The van der Waals surface area contributed by atoms with Crippen molar-refractivity contribution in [2.45, 2.75) is 17.1 Å². The van der Waals surface area contributed by atoms with Gasteiger partial charge in [0.1, 0.15) is 10.9 Å². The van der Waals surface area contributed by atoms with Crippen molar-refractivity contribution in [3.05, 3.63) is 192 Å². The van der Waals surface area contributed by atoms with Crippen LogP contribution in [0.15, 0.2) is 174 Å². The van der Waals surface area contributed by atoms with Gasteiger partial charge in [0.2, 0.25) is 5.91 Å². The molecule has 8 nitrogen and oxygen atoms in total. The second-order valence-electron chi connectivity index (χ2n) is 12.0. The number of nitrogens with one attached hydrogen (secondary N) is 3. The molecule has 6 aromatic carbocycles. The highest BCUT2D eigenvalue weighted by Gasteiger charge is 2.23. The molecule has 9 heteroatoms. The Bertz CT molecular complexity index is 2230. The van der Waals surface area contributed by atoms with Crippen LogP contribution >= 0.6 is 11.8 Å². The first kappa shape index (κ1) is 37.1. The smallest absolute Gasteiger partial charge is 0.338 e. The highest BCUT2D eigenvalue weighted by molar-refractivity contribution is 8.00. The van der Waals surface area contributed by atoms with Crippen molar-refractivity contribution < 1.29 is 23.9 Å². The molecule has 0 bridgehead atoms. The van der Waals surface area contributed by atoms with E-state index in [2.05, 4.69) is 16.0 Å². The standard InChI is InChI=1S/C45H37N3O5S/c1-2-53-45(52)36-22-24-37(25-23-36)47-44(51)41(34-14-8-4-9-15-34)54-39-28-26-38(27-29-39)46-43(50)40(48-42(49)35-16-10-5-11-17-35)30-31-18-20-33(21-19-31)32-12-6-3-7-13-32/h3-30,41H,2H2,1H3,(H,46,50)(H,47,51)(H,48,49)/b40-30-. The summed E-state index contributed by atoms with van der Waals surface area (Å²) in [6.45, 7) is 2.02. The number of benzene rings is 6. The Labute approximate surface area is 318 Å². The minimum atomic E-state index is -0.604. The van der Waals surface area contributed by atoms with Gasteiger partial charge in [-0.2, -0.15) is 0 Å². The van der Waals surface area contributed by atoms with Crippen molar-refractivity contribution in [3.8, 4) is 11.1 Å². The number of amides is 3. The maximum atomic E-state index is 13.7. The van der Waals surface area contributed by atoms with Crippen molar-refractivity contribution in [1.82, 2.24) is 5.32 Å². The molecule has 0 aliphatic carbocycles. The lowest BCUT2D eigenvalue weighted by Gasteiger charge is -2.18. The fourth-order valence-electron chi connectivity index (χ4n) is 5.48. The van der Waals surface area contributed by atoms with Crippen LogP contribution in [0.5, 0.6) is 0 Å². The van der Waals surface area contributed by atoms with E-state index in [9.17, 15) is 19.2 Å². The van der Waals surface area contributed by atoms with Gasteiger partial charge in [-0.3, -0.25) is 14.4 Å². The molecule has 0 saturated carbocycles. The molecule has 54 heavy (non-hydrogen) atoms. The molecule has 3 amide bonds. The Hall–Kier alpha value is -6.71. The first-order valence-electron chi connectivity index (χ1n) is 17.3. The predicted molar refractivity (Wildman–Crippen MR) is 215 cm³/mol. The predicted octanol–water partition coefficient (Wildman–Crippen LogP) is 9.41. The molecule has 0 saturated heterocycles. The third-order valence-corrected chi connectivity index (χ3v) is 9.49. The van der Waals surface area contributed by atoms with Crippen LogP contribution in [0.25, 0.3) is 17.2 Å². The van der Waals surface area contributed by atoms with Crippen LogP contribution in [0, 0.1) is 0 Å². The maximum absolute atomic E-state index is 13.7. The number of carbonyl (C=O) groups is 4. The minimum Gasteiger partial charge on any atom is -0.462 e. The van der Waals surface area contributed by atoms with E-state index in [1.54, 1.807) is 73.7 Å². The molecule has 1 unspecified atom stereocenters. The lowest BCUT2D eigenvalue weighted by atomic mass is 10.0. The van der Waals surface area contributed by atoms with E-state index in [1.165, 1.54) is 11.8 Å². The number of anilines is 2. The average Bonchev–Trinajstić information content (AvgIpc) is 3.21. The second-order valence-corrected chi connectivity index (χ2v) is 13.2. The van der Waals surface area contributed by atoms with Crippen LogP contribution < -0.4 is 16.0 Å². The summed E-state index contributed by atoms with van der Waals surface area (Å²) in [5.74, 6) is -1.58. The van der Waals surface area contributed by atoms with Gasteiger partial charge in [0.25, 0.3) is 11.8 Å². The van der Waals surface area contributed by atoms with Crippen LogP contribution in [0.4, 0.5) is 11.4 Å². The average molecular weight is 732 g/mol. The summed E-state index contributed by atoms with van der Waals surface area (Å²) in [6.07, 6.45) is 1.64. The molecule has 268 valence electrons. The van der Waals surface area contributed by atoms with Crippen LogP contribution in [0.2, 0.25) is 0 Å². The lowest BCUT2D eigenvalue weighted by molar-refractivity contribution is -0.116. The number of ether oxygens (including phenoxy) is 1. The van der Waals surface area contributed by atoms with E-state index in [0.717, 1.165) is 27.1 Å². The number of esters is 1. The van der Waals surface area contributed by atoms with Gasteiger partial charge in [-0.15, -0.1) is 11.8 Å². The van der Waals surface area contributed by atoms with Crippen molar-refractivity contribution in [2.24, 2.45) is 0 Å². The topological polar surface area (TPSA) is 114 Å². The van der Waals surface area contributed by atoms with E-state index >= 15 is 0 Å². The molecule has 1 atom stereocenters. The summed E-state index contributed by atoms with van der Waals surface area (Å²) in [4.78, 5) is 53.3. The summed E-state index contributed by atoms with van der Waals surface area (Å²) in [5, 5.41) is 8.04. The van der Waals surface area contributed by atoms with E-state index in [4.69, 9.17) is 4.74 Å². The fraction of sp³-hybridized carbons (Fsp3) is 0.0667. The first-order chi connectivity index (χ1) is 26.4. The van der Waals surface area contributed by atoms with E-state index in [1.807, 2.05) is 103 Å². The Morgan fingerprint density at radius 3 is 1.80 bits per heavy atom. The number of hydrogen-bond acceptors (Lipinski definition) is 6. The van der Waals surface area contributed by atoms with Gasteiger partial charge < -0.3 is 20.7 Å². The number of rotatable bonds is 13. The summed E-state index contributed by atoms with van der Waals surface area (Å²) in [6, 6.07) is 49.5. The highest BCUT2D eigenvalue weighted by Crippen LogP contribution is 2.37. The Morgan fingerprint density at radius 2 is 1.17 bits per heavy atom. The quantitative estimate of drug-likeness (QED) is 0.0620. The van der Waals surface area contributed by atoms with Gasteiger partial charge in [0.15, 0.2) is 0 Å². The highest BCUT2D eigenvalue weighted by atomic mass is 32.2. The molecule has 6 rings (SSSR count). The summed E-state index contributed by atoms with van der Waals surface area (Å²) in [5.41, 5.74) is 5.59. The van der Waals surface area contributed by atoms with Crippen molar-refractivity contribution >= 4 is 52.9 Å². The fourth-order valence-corrected chi connectivity index (χ4v) is 6.50. The zero-order valence-corrected chi connectivity index (χ0v) is 30.2. The largest absolute Gasteiger partial charge is 0.462 e. The normalized spacial score (nSPS) is 11.5. The molecular formula is C45H37N3O5S. The third kappa shape index (κ3) is 9.99. The van der Waals surface area contributed by atoms with Gasteiger partial charge in [0.05, 0.1) is 12.2 Å². The van der Waals surface area contributed by atoms with Crippen molar-refractivity contribution in [1.29, 1.82) is 0 Å². The zero-order valence-electron chi connectivity index (χ0n) is 29.4. The van der Waals surface area contributed by atoms with Gasteiger partial charge in [0, 0.05) is 21.8 Å². The maximum Gasteiger partial charge on any atom is 0.338 e. The number of thioether (sulfide) groups is 1. The molecule has 0 spiro atoms. The minimum absolute atomic E-state index is 0.0749. The molecule has 3 N–H and O–H groups in total. The first-order valence-corrected chi connectivity index (χ1v) is 18.2. The Kier molecular flexibility index (Phi) is 12.5. The van der Waals surface area contributed by atoms with Crippen LogP contribution in [0.1, 0.15) is 44.0 Å². The molecule has 0 aliphatic heterocycles. The lowest BCUT2D eigenvalue weighted by Crippen LogP contribution is -2.30. The van der Waals surface area contributed by atoms with Crippen molar-refractivity contribution in [3.63, 3.8) is 0 Å². The molecule has 0 radical (unpaired) electrons. The van der Waals surface area contributed by atoms with E-state index < -0.39 is 23.0 Å². The monoisotopic (exact) mass is 731 g/mol. The Balaban J connectivity index is 1.17. The summed E-state index contributed by atoms with van der Waals surface area (Å²) < 4.78 is 5.05. The second kappa shape index (κ2) is 18.2. The van der Waals surface area contributed by atoms with E-state index in [0.29, 0.717) is 22.5 Å². The van der Waals surface area contributed by atoms with Gasteiger partial charge >= 0.3 is 5.97 Å². The van der Waals surface area contributed by atoms with Crippen molar-refractivity contribution in [2.75, 3.05) is 17.2 Å². The van der Waals surface area contributed by atoms with Crippen LogP contribution in [-0.4, -0.2) is 30.3 Å². The molecule has 0 aliphatic rings. The van der Waals surface area contributed by atoms with Gasteiger partial charge in [-0.05, 0) is 95.9 Å². The summed E-state index contributed by atoms with van der Waals surface area (Å²) in [7, 11) is 0. The Morgan fingerprint density at radius 1 is 0.611 bits per heavy atom. The van der Waals surface area contributed by atoms with Gasteiger partial charge in [-0.1, -0.05) is 103 Å². The van der Waals surface area contributed by atoms with Crippen LogP contribution in [0.3, 0.4) is 0 Å². The van der Waals surface area contributed by atoms with Crippen LogP contribution in [-0.2, 0) is 14.3 Å². The number of hydrogen-bond donors (Lipinski definition) is 3. The molecule has 0 aromatic heterocycles.